The van der Waals surface area contributed by atoms with Gasteiger partial charge in [-0.2, -0.15) is 0 Å². The normalized spacial score (nSPS) is 30.9. The Morgan fingerprint density at radius 3 is 2.19 bits per heavy atom. The second-order valence-electron chi connectivity index (χ2n) is 9.07. The summed E-state index contributed by atoms with van der Waals surface area (Å²) in [6.07, 6.45) is 10.5. The van der Waals surface area contributed by atoms with E-state index in [9.17, 15) is 4.79 Å². The average molecular weight is 361 g/mol. The van der Waals surface area contributed by atoms with Crippen molar-refractivity contribution in [1.82, 2.24) is 4.98 Å². The summed E-state index contributed by atoms with van der Waals surface area (Å²) in [6, 6.07) is 13.8. The van der Waals surface area contributed by atoms with Gasteiger partial charge in [0.25, 0.3) is 0 Å². The maximum Gasteiger partial charge on any atom is 0.224 e. The van der Waals surface area contributed by atoms with Gasteiger partial charge in [0.2, 0.25) is 5.91 Å². The number of pyridine rings is 1. The summed E-state index contributed by atoms with van der Waals surface area (Å²) in [5.74, 6) is 3.58. The lowest BCUT2D eigenvalue weighted by molar-refractivity contribution is -0.124. The zero-order chi connectivity index (χ0) is 18.3. The summed E-state index contributed by atoms with van der Waals surface area (Å²) < 4.78 is 0. The average Bonchev–Trinajstić information content (AvgIpc) is 2.62. The van der Waals surface area contributed by atoms with Gasteiger partial charge in [0.1, 0.15) is 5.82 Å². The number of amides is 1. The van der Waals surface area contributed by atoms with Crippen LogP contribution in [-0.2, 0) is 4.79 Å². The van der Waals surface area contributed by atoms with Crippen molar-refractivity contribution < 1.29 is 4.79 Å². The summed E-state index contributed by atoms with van der Waals surface area (Å²) in [6.45, 7) is 0. The molecule has 6 rings (SSSR count). The molecule has 4 bridgehead atoms. The molecule has 140 valence electrons. The van der Waals surface area contributed by atoms with Crippen LogP contribution in [0.4, 0.5) is 17.2 Å². The molecule has 0 atom stereocenters. The number of aromatic nitrogens is 1. The summed E-state index contributed by atoms with van der Waals surface area (Å²) in [4.78, 5) is 17.1. The van der Waals surface area contributed by atoms with Crippen molar-refractivity contribution in [2.75, 3.05) is 10.6 Å². The van der Waals surface area contributed by atoms with Crippen LogP contribution in [0.1, 0.15) is 44.9 Å². The fraction of sp³-hybridized carbons (Fsp3) is 0.478. The molecule has 1 aromatic carbocycles. The van der Waals surface area contributed by atoms with Crippen LogP contribution in [0.15, 0.2) is 48.7 Å². The van der Waals surface area contributed by atoms with Crippen molar-refractivity contribution in [3.63, 3.8) is 0 Å². The first-order valence-corrected chi connectivity index (χ1v) is 10.2. The number of nitrogens with zero attached hydrogens (tertiary/aromatic N) is 1. The first kappa shape index (κ1) is 16.8. The van der Waals surface area contributed by atoms with E-state index in [1.165, 1.54) is 38.5 Å². The van der Waals surface area contributed by atoms with Crippen molar-refractivity contribution in [2.24, 2.45) is 23.2 Å². The Hall–Kier alpha value is -2.36. The molecule has 1 heterocycles. The van der Waals surface area contributed by atoms with E-state index in [0.717, 1.165) is 34.9 Å². The van der Waals surface area contributed by atoms with E-state index in [-0.39, 0.29) is 11.3 Å². The van der Waals surface area contributed by atoms with Gasteiger partial charge in [0.15, 0.2) is 0 Å². The Kier molecular flexibility index (Phi) is 4.14. The highest BCUT2D eigenvalue weighted by atomic mass is 16.1. The molecule has 4 saturated carbocycles. The summed E-state index contributed by atoms with van der Waals surface area (Å²) >= 11 is 0. The van der Waals surface area contributed by atoms with Gasteiger partial charge in [-0.3, -0.25) is 4.79 Å². The van der Waals surface area contributed by atoms with E-state index in [1.807, 2.05) is 42.5 Å². The second-order valence-corrected chi connectivity index (χ2v) is 9.07. The Balaban J connectivity index is 1.20. The second kappa shape index (κ2) is 6.66. The van der Waals surface area contributed by atoms with E-state index in [0.29, 0.717) is 6.42 Å². The third-order valence-corrected chi connectivity index (χ3v) is 6.79. The lowest BCUT2D eigenvalue weighted by Crippen LogP contribution is -2.47. The fourth-order valence-electron chi connectivity index (χ4n) is 6.26. The van der Waals surface area contributed by atoms with Crippen LogP contribution in [-0.4, -0.2) is 10.9 Å². The molecule has 2 N–H and O–H groups in total. The molecule has 4 nitrogen and oxygen atoms in total. The number of carbonyl (C=O) groups is 1. The van der Waals surface area contributed by atoms with Crippen LogP contribution in [0.2, 0.25) is 0 Å². The number of hydrogen-bond acceptors (Lipinski definition) is 3. The molecule has 0 spiro atoms. The molecule has 1 amide bonds. The molecule has 0 unspecified atom stereocenters. The zero-order valence-corrected chi connectivity index (χ0v) is 15.7. The molecule has 0 aliphatic heterocycles. The van der Waals surface area contributed by atoms with Crippen LogP contribution >= 0.6 is 0 Å². The molecular formula is C23H27N3O. The highest BCUT2D eigenvalue weighted by Gasteiger charge is 2.51. The zero-order valence-electron chi connectivity index (χ0n) is 15.7. The Morgan fingerprint density at radius 1 is 0.926 bits per heavy atom. The number of hydrogen-bond donors (Lipinski definition) is 2. The van der Waals surface area contributed by atoms with E-state index in [4.69, 9.17) is 0 Å². The van der Waals surface area contributed by atoms with Crippen LogP contribution in [0.25, 0.3) is 0 Å². The first-order valence-electron chi connectivity index (χ1n) is 10.2. The van der Waals surface area contributed by atoms with Gasteiger partial charge in [-0.05, 0) is 86.0 Å². The number of nitrogens with one attached hydrogen (secondary N) is 2. The lowest BCUT2D eigenvalue weighted by atomic mass is 9.49. The van der Waals surface area contributed by atoms with Crippen molar-refractivity contribution >= 4 is 23.1 Å². The molecule has 1 aromatic heterocycles. The maximum atomic E-state index is 12.7. The van der Waals surface area contributed by atoms with Crippen LogP contribution < -0.4 is 10.6 Å². The fourth-order valence-corrected chi connectivity index (χ4v) is 6.26. The molecule has 4 aliphatic rings. The molecule has 4 fully saturated rings. The number of carbonyl (C=O) groups excluding carboxylic acids is 1. The quantitative estimate of drug-likeness (QED) is 0.753. The highest BCUT2D eigenvalue weighted by molar-refractivity contribution is 5.91. The van der Waals surface area contributed by atoms with Crippen molar-refractivity contribution in [3.8, 4) is 0 Å². The minimum absolute atomic E-state index is 0.155. The Morgan fingerprint density at radius 2 is 1.59 bits per heavy atom. The van der Waals surface area contributed by atoms with Crippen molar-refractivity contribution in [1.29, 1.82) is 0 Å². The van der Waals surface area contributed by atoms with E-state index >= 15 is 0 Å². The summed E-state index contributed by atoms with van der Waals surface area (Å²) in [7, 11) is 0. The van der Waals surface area contributed by atoms with Gasteiger partial charge in [0, 0.05) is 12.1 Å². The standard InChI is InChI=1S/C23H27N3O/c27-22(14-23-11-16-8-17(12-23)10-18(9-16)13-23)26-20-6-7-21(24-15-20)25-19-4-2-1-3-5-19/h1-7,15-18H,8-14H2,(H,24,25)(H,26,27). The highest BCUT2D eigenvalue weighted by Crippen LogP contribution is 2.61. The summed E-state index contributed by atoms with van der Waals surface area (Å²) in [5, 5.41) is 6.34. The molecule has 0 radical (unpaired) electrons. The summed E-state index contributed by atoms with van der Waals surface area (Å²) in [5.41, 5.74) is 2.06. The van der Waals surface area contributed by atoms with E-state index in [2.05, 4.69) is 15.6 Å². The van der Waals surface area contributed by atoms with E-state index < -0.39 is 0 Å². The topological polar surface area (TPSA) is 54.0 Å². The SMILES string of the molecule is O=C(CC12CC3CC(CC(C3)C1)C2)Nc1ccc(Nc2ccccc2)nc1. The van der Waals surface area contributed by atoms with Crippen molar-refractivity contribution in [3.05, 3.63) is 48.7 Å². The monoisotopic (exact) mass is 361 g/mol. The molecule has 0 saturated heterocycles. The number of rotatable bonds is 5. The van der Waals surface area contributed by atoms with Gasteiger partial charge in [-0.25, -0.2) is 4.98 Å². The number of para-hydroxylation sites is 1. The maximum absolute atomic E-state index is 12.7. The largest absolute Gasteiger partial charge is 0.340 e. The number of benzene rings is 1. The van der Waals surface area contributed by atoms with Gasteiger partial charge in [-0.1, -0.05) is 18.2 Å². The van der Waals surface area contributed by atoms with Gasteiger partial charge in [0.05, 0.1) is 11.9 Å². The predicted molar refractivity (Wildman–Crippen MR) is 108 cm³/mol. The van der Waals surface area contributed by atoms with Gasteiger partial charge < -0.3 is 10.6 Å². The Bertz CT molecular complexity index is 780. The Labute approximate surface area is 160 Å². The van der Waals surface area contributed by atoms with Crippen LogP contribution in [0.5, 0.6) is 0 Å². The van der Waals surface area contributed by atoms with Gasteiger partial charge in [-0.15, -0.1) is 0 Å². The minimum atomic E-state index is 0.155. The predicted octanol–water partition coefficient (Wildman–Crippen LogP) is 5.37. The van der Waals surface area contributed by atoms with Crippen molar-refractivity contribution in [2.45, 2.75) is 44.9 Å². The van der Waals surface area contributed by atoms with Crippen LogP contribution in [0, 0.1) is 23.2 Å². The molecular weight excluding hydrogens is 334 g/mol. The molecule has 27 heavy (non-hydrogen) atoms. The molecule has 4 heteroatoms. The molecule has 4 aliphatic carbocycles. The number of anilines is 3. The van der Waals surface area contributed by atoms with E-state index in [1.54, 1.807) is 6.20 Å². The first-order chi connectivity index (χ1) is 13.2. The third-order valence-electron chi connectivity index (χ3n) is 6.79. The lowest BCUT2D eigenvalue weighted by Gasteiger charge is -2.56. The molecule has 2 aromatic rings. The van der Waals surface area contributed by atoms with Crippen LogP contribution in [0.3, 0.4) is 0 Å². The third kappa shape index (κ3) is 3.58. The minimum Gasteiger partial charge on any atom is -0.340 e. The smallest absolute Gasteiger partial charge is 0.224 e. The van der Waals surface area contributed by atoms with Gasteiger partial charge >= 0.3 is 0 Å².